The summed E-state index contributed by atoms with van der Waals surface area (Å²) in [6.45, 7) is 2.43. The largest absolute Gasteiger partial charge is 0.504 e. The standard InChI is InChI=1S/C20H22N2O3/c1-13(10-14-6-7-18(23)19(24)11-14)20(25)21-9-8-15-12-22-17-5-3-2-4-16(15)17/h2-7,11-13,22-24H,8-10H2,1H3,(H,21,25). The Bertz CT molecular complexity index is 886. The zero-order valence-electron chi connectivity index (χ0n) is 14.1. The monoisotopic (exact) mass is 338 g/mol. The van der Waals surface area contributed by atoms with Crippen LogP contribution < -0.4 is 5.32 Å². The third-order valence-electron chi connectivity index (χ3n) is 4.40. The molecule has 2 aromatic carbocycles. The van der Waals surface area contributed by atoms with E-state index in [1.165, 1.54) is 23.1 Å². The van der Waals surface area contributed by atoms with Crippen LogP contribution in [-0.2, 0) is 17.6 Å². The lowest BCUT2D eigenvalue weighted by atomic mass is 10.00. The van der Waals surface area contributed by atoms with Crippen LogP contribution in [-0.4, -0.2) is 27.6 Å². The van der Waals surface area contributed by atoms with Gasteiger partial charge < -0.3 is 20.5 Å². The molecule has 0 aliphatic rings. The average molecular weight is 338 g/mol. The van der Waals surface area contributed by atoms with E-state index in [9.17, 15) is 15.0 Å². The highest BCUT2D eigenvalue weighted by atomic mass is 16.3. The summed E-state index contributed by atoms with van der Waals surface area (Å²) in [4.78, 5) is 15.5. The van der Waals surface area contributed by atoms with Crippen LogP contribution >= 0.6 is 0 Å². The fourth-order valence-corrected chi connectivity index (χ4v) is 2.98. The molecule has 0 saturated heterocycles. The number of aromatic amines is 1. The number of carbonyl (C=O) groups is 1. The summed E-state index contributed by atoms with van der Waals surface area (Å²) in [5.74, 6) is -0.552. The van der Waals surface area contributed by atoms with Crippen LogP contribution in [0.25, 0.3) is 10.9 Å². The van der Waals surface area contributed by atoms with Gasteiger partial charge in [-0.15, -0.1) is 0 Å². The minimum atomic E-state index is -0.216. The molecule has 25 heavy (non-hydrogen) atoms. The maximum absolute atomic E-state index is 12.3. The maximum Gasteiger partial charge on any atom is 0.223 e. The van der Waals surface area contributed by atoms with E-state index in [1.807, 2.05) is 31.3 Å². The van der Waals surface area contributed by atoms with Gasteiger partial charge in [-0.25, -0.2) is 0 Å². The molecule has 0 radical (unpaired) electrons. The molecule has 1 unspecified atom stereocenters. The molecule has 1 amide bonds. The molecule has 0 fully saturated rings. The van der Waals surface area contributed by atoms with E-state index in [1.54, 1.807) is 6.07 Å². The van der Waals surface area contributed by atoms with Crippen molar-refractivity contribution >= 4 is 16.8 Å². The molecule has 3 rings (SSSR count). The van der Waals surface area contributed by atoms with E-state index in [2.05, 4.69) is 16.4 Å². The Kier molecular flexibility index (Phi) is 4.93. The predicted molar refractivity (Wildman–Crippen MR) is 97.7 cm³/mol. The van der Waals surface area contributed by atoms with Gasteiger partial charge >= 0.3 is 0 Å². The molecule has 5 nitrogen and oxygen atoms in total. The van der Waals surface area contributed by atoms with Crippen molar-refractivity contribution in [2.24, 2.45) is 5.92 Å². The van der Waals surface area contributed by atoms with Crippen LogP contribution in [0.15, 0.2) is 48.7 Å². The van der Waals surface area contributed by atoms with Crippen LogP contribution in [0.5, 0.6) is 11.5 Å². The third-order valence-corrected chi connectivity index (χ3v) is 4.40. The second-order valence-corrected chi connectivity index (χ2v) is 6.33. The summed E-state index contributed by atoms with van der Waals surface area (Å²) in [5.41, 5.74) is 3.10. The zero-order chi connectivity index (χ0) is 17.8. The van der Waals surface area contributed by atoms with Gasteiger partial charge in [0.2, 0.25) is 5.91 Å². The molecule has 1 atom stereocenters. The van der Waals surface area contributed by atoms with Crippen molar-refractivity contribution in [2.75, 3.05) is 6.54 Å². The van der Waals surface area contributed by atoms with Crippen LogP contribution in [0.1, 0.15) is 18.1 Å². The number of rotatable bonds is 6. The quantitative estimate of drug-likeness (QED) is 0.521. The third kappa shape index (κ3) is 3.94. The minimum Gasteiger partial charge on any atom is -0.504 e. The molecular formula is C20H22N2O3. The number of aromatic nitrogens is 1. The average Bonchev–Trinajstić information content (AvgIpc) is 3.01. The smallest absolute Gasteiger partial charge is 0.223 e. The lowest BCUT2D eigenvalue weighted by Crippen LogP contribution is -2.31. The number of nitrogens with one attached hydrogen (secondary N) is 2. The molecule has 0 aliphatic carbocycles. The summed E-state index contributed by atoms with van der Waals surface area (Å²) in [6, 6.07) is 12.7. The Morgan fingerprint density at radius 3 is 2.76 bits per heavy atom. The number of para-hydroxylation sites is 1. The van der Waals surface area contributed by atoms with E-state index in [0.717, 1.165) is 17.5 Å². The van der Waals surface area contributed by atoms with Gasteiger partial charge in [-0.2, -0.15) is 0 Å². The van der Waals surface area contributed by atoms with Gasteiger partial charge in [-0.05, 0) is 42.2 Å². The van der Waals surface area contributed by atoms with Gasteiger partial charge in [0.1, 0.15) is 0 Å². The zero-order valence-corrected chi connectivity index (χ0v) is 14.1. The molecule has 0 saturated carbocycles. The lowest BCUT2D eigenvalue weighted by molar-refractivity contribution is -0.124. The highest BCUT2D eigenvalue weighted by Crippen LogP contribution is 2.26. The number of fused-ring (bicyclic) bond motifs is 1. The Morgan fingerprint density at radius 1 is 1.16 bits per heavy atom. The fourth-order valence-electron chi connectivity index (χ4n) is 2.98. The molecule has 0 aliphatic heterocycles. The van der Waals surface area contributed by atoms with Crippen LogP contribution in [0.4, 0.5) is 0 Å². The number of H-pyrrole nitrogens is 1. The Hall–Kier alpha value is -2.95. The molecule has 0 spiro atoms. The number of hydrogen-bond donors (Lipinski definition) is 4. The van der Waals surface area contributed by atoms with Gasteiger partial charge in [0, 0.05) is 29.6 Å². The first-order valence-corrected chi connectivity index (χ1v) is 8.38. The molecule has 4 N–H and O–H groups in total. The van der Waals surface area contributed by atoms with Gasteiger partial charge in [-0.1, -0.05) is 31.2 Å². The summed E-state index contributed by atoms with van der Waals surface area (Å²) >= 11 is 0. The van der Waals surface area contributed by atoms with Gasteiger partial charge in [0.15, 0.2) is 11.5 Å². The van der Waals surface area contributed by atoms with Gasteiger partial charge in [-0.3, -0.25) is 4.79 Å². The van der Waals surface area contributed by atoms with Crippen molar-refractivity contribution in [1.29, 1.82) is 0 Å². The molecule has 3 aromatic rings. The van der Waals surface area contributed by atoms with Gasteiger partial charge in [0.25, 0.3) is 0 Å². The molecule has 130 valence electrons. The summed E-state index contributed by atoms with van der Waals surface area (Å²) in [7, 11) is 0. The van der Waals surface area contributed by atoms with Crippen molar-refractivity contribution in [3.63, 3.8) is 0 Å². The number of amides is 1. The number of aromatic hydroxyl groups is 2. The van der Waals surface area contributed by atoms with E-state index in [-0.39, 0.29) is 23.3 Å². The minimum absolute atomic E-state index is 0.0209. The highest BCUT2D eigenvalue weighted by Gasteiger charge is 2.14. The van der Waals surface area contributed by atoms with E-state index in [4.69, 9.17) is 0 Å². The number of phenols is 2. The molecule has 0 bridgehead atoms. The second-order valence-electron chi connectivity index (χ2n) is 6.33. The number of benzene rings is 2. The first-order valence-electron chi connectivity index (χ1n) is 8.38. The second kappa shape index (κ2) is 7.30. The van der Waals surface area contributed by atoms with Crippen LogP contribution in [0.2, 0.25) is 0 Å². The molecule has 1 aromatic heterocycles. The van der Waals surface area contributed by atoms with E-state index >= 15 is 0 Å². The first-order chi connectivity index (χ1) is 12.0. The van der Waals surface area contributed by atoms with Crippen molar-refractivity contribution in [3.05, 3.63) is 59.8 Å². The lowest BCUT2D eigenvalue weighted by Gasteiger charge is -2.12. The van der Waals surface area contributed by atoms with E-state index < -0.39 is 0 Å². The Morgan fingerprint density at radius 2 is 1.96 bits per heavy atom. The maximum atomic E-state index is 12.3. The van der Waals surface area contributed by atoms with Crippen LogP contribution in [0.3, 0.4) is 0 Å². The molecule has 5 heteroatoms. The number of hydrogen-bond acceptors (Lipinski definition) is 3. The Labute approximate surface area is 146 Å². The summed E-state index contributed by atoms with van der Waals surface area (Å²) < 4.78 is 0. The topological polar surface area (TPSA) is 85.3 Å². The first kappa shape index (κ1) is 16.9. The van der Waals surface area contributed by atoms with E-state index in [0.29, 0.717) is 13.0 Å². The van der Waals surface area contributed by atoms with Crippen LogP contribution in [0, 0.1) is 5.92 Å². The fraction of sp³-hybridized carbons (Fsp3) is 0.250. The SMILES string of the molecule is CC(Cc1ccc(O)c(O)c1)C(=O)NCCc1c[nH]c2ccccc12. The number of phenolic OH excluding ortho intramolecular Hbond substituents is 2. The normalized spacial score (nSPS) is 12.2. The summed E-state index contributed by atoms with van der Waals surface area (Å²) in [6.07, 6.45) is 3.26. The highest BCUT2D eigenvalue weighted by molar-refractivity contribution is 5.83. The predicted octanol–water partition coefficient (Wildman–Crippen LogP) is 3.12. The Balaban J connectivity index is 1.52. The van der Waals surface area contributed by atoms with Crippen molar-refractivity contribution in [3.8, 4) is 11.5 Å². The number of carbonyl (C=O) groups excluding carboxylic acids is 1. The van der Waals surface area contributed by atoms with Crippen molar-refractivity contribution in [1.82, 2.24) is 10.3 Å². The molecule has 1 heterocycles. The van der Waals surface area contributed by atoms with Crippen molar-refractivity contribution < 1.29 is 15.0 Å². The van der Waals surface area contributed by atoms with Crippen molar-refractivity contribution in [2.45, 2.75) is 19.8 Å². The molecular weight excluding hydrogens is 316 g/mol. The van der Waals surface area contributed by atoms with Gasteiger partial charge in [0.05, 0.1) is 0 Å². The summed E-state index contributed by atoms with van der Waals surface area (Å²) in [5, 5.41) is 23.0.